The molecular formula is C17H16F3N5O4. The lowest BCUT2D eigenvalue weighted by Gasteiger charge is -2.17. The first-order valence-electron chi connectivity index (χ1n) is 8.65. The molecule has 1 aromatic heterocycles. The van der Waals surface area contributed by atoms with Gasteiger partial charge in [-0.15, -0.1) is 0 Å². The van der Waals surface area contributed by atoms with E-state index in [1.54, 1.807) is 0 Å². The number of primary amides is 1. The average molecular weight is 411 g/mol. The number of anilines is 2. The molecule has 1 saturated heterocycles. The number of amides is 2. The number of rotatable bonds is 5. The first-order valence-corrected chi connectivity index (χ1v) is 8.65. The van der Waals surface area contributed by atoms with Crippen LogP contribution in [0.2, 0.25) is 0 Å². The van der Waals surface area contributed by atoms with Gasteiger partial charge in [-0.3, -0.25) is 4.79 Å². The van der Waals surface area contributed by atoms with Crippen molar-refractivity contribution >= 4 is 23.5 Å². The number of ether oxygens (including phenoxy) is 2. The molecule has 1 aromatic carbocycles. The molecule has 154 valence electrons. The minimum atomic E-state index is -2.82. The van der Waals surface area contributed by atoms with Crippen LogP contribution in [0.4, 0.5) is 29.5 Å². The second kappa shape index (κ2) is 7.18. The van der Waals surface area contributed by atoms with Crippen LogP contribution in [0.25, 0.3) is 11.4 Å². The first-order chi connectivity index (χ1) is 13.8. The second-order valence-corrected chi connectivity index (χ2v) is 6.46. The third-order valence-electron chi connectivity index (χ3n) is 4.54. The minimum absolute atomic E-state index is 0.0135. The molecule has 12 heteroatoms. The number of cyclic esters (lactones) is 1. The summed E-state index contributed by atoms with van der Waals surface area (Å²) in [4.78, 5) is 27.8. The van der Waals surface area contributed by atoms with Gasteiger partial charge in [0.15, 0.2) is 5.82 Å². The van der Waals surface area contributed by atoms with E-state index in [-0.39, 0.29) is 48.3 Å². The summed E-state index contributed by atoms with van der Waals surface area (Å²) in [5.41, 5.74) is 5.37. The predicted octanol–water partition coefficient (Wildman–Crippen LogP) is 1.57. The number of imidazole rings is 1. The van der Waals surface area contributed by atoms with Gasteiger partial charge in [-0.2, -0.15) is 0 Å². The van der Waals surface area contributed by atoms with Crippen LogP contribution in [0.15, 0.2) is 18.3 Å². The molecule has 1 unspecified atom stereocenters. The molecule has 2 amide bonds. The van der Waals surface area contributed by atoms with Gasteiger partial charge in [0.2, 0.25) is 5.91 Å². The van der Waals surface area contributed by atoms with Crippen LogP contribution in [-0.2, 0) is 16.1 Å². The van der Waals surface area contributed by atoms with Crippen molar-refractivity contribution < 1.29 is 32.2 Å². The van der Waals surface area contributed by atoms with Crippen molar-refractivity contribution in [3.8, 4) is 17.1 Å². The van der Waals surface area contributed by atoms with Gasteiger partial charge >= 0.3 is 6.09 Å². The molecule has 3 heterocycles. The molecule has 2 aliphatic rings. The maximum absolute atomic E-state index is 14.9. The van der Waals surface area contributed by atoms with E-state index < -0.39 is 36.9 Å². The Labute approximate surface area is 162 Å². The van der Waals surface area contributed by atoms with E-state index in [1.165, 1.54) is 16.8 Å². The van der Waals surface area contributed by atoms with Crippen molar-refractivity contribution in [2.75, 3.05) is 30.0 Å². The largest absolute Gasteiger partial charge is 0.491 e. The van der Waals surface area contributed by atoms with E-state index in [1.807, 2.05) is 0 Å². The molecule has 3 N–H and O–H groups in total. The van der Waals surface area contributed by atoms with Gasteiger partial charge in [0.25, 0.3) is 6.43 Å². The van der Waals surface area contributed by atoms with E-state index >= 15 is 0 Å². The fourth-order valence-corrected chi connectivity index (χ4v) is 3.23. The Hall–Kier alpha value is -3.44. The van der Waals surface area contributed by atoms with Gasteiger partial charge in [0, 0.05) is 18.0 Å². The number of alkyl halides is 2. The molecule has 2 aromatic rings. The van der Waals surface area contributed by atoms with Gasteiger partial charge in [-0.1, -0.05) is 0 Å². The van der Waals surface area contributed by atoms with Crippen molar-refractivity contribution in [3.63, 3.8) is 0 Å². The molecule has 2 aliphatic heterocycles. The smallest absolute Gasteiger partial charge is 0.416 e. The number of hydrogen-bond donors (Lipinski definition) is 2. The Morgan fingerprint density at radius 1 is 1.38 bits per heavy atom. The summed E-state index contributed by atoms with van der Waals surface area (Å²) in [6, 6.07) is 1.15. The molecule has 0 saturated carbocycles. The first kappa shape index (κ1) is 18.9. The normalized spacial score (nSPS) is 18.0. The van der Waals surface area contributed by atoms with Crippen molar-refractivity contribution in [1.82, 2.24) is 9.55 Å². The quantitative estimate of drug-likeness (QED) is 0.773. The number of aromatic nitrogens is 2. The number of carbonyl (C=O) groups excluding carboxylic acids is 2. The summed E-state index contributed by atoms with van der Waals surface area (Å²) in [5, 5.41) is 2.68. The maximum Gasteiger partial charge on any atom is 0.416 e. The van der Waals surface area contributed by atoms with E-state index in [4.69, 9.17) is 15.2 Å². The summed E-state index contributed by atoms with van der Waals surface area (Å²) in [6.45, 7) is -0.245. The second-order valence-electron chi connectivity index (χ2n) is 6.46. The molecule has 0 spiro atoms. The van der Waals surface area contributed by atoms with Gasteiger partial charge < -0.3 is 25.1 Å². The van der Waals surface area contributed by atoms with Crippen LogP contribution >= 0.6 is 0 Å². The van der Waals surface area contributed by atoms with E-state index in [0.29, 0.717) is 0 Å². The van der Waals surface area contributed by atoms with Crippen molar-refractivity contribution in [2.24, 2.45) is 5.73 Å². The molecule has 1 fully saturated rings. The third kappa shape index (κ3) is 3.41. The molecule has 9 nitrogen and oxygen atoms in total. The molecule has 1 atom stereocenters. The van der Waals surface area contributed by atoms with Crippen molar-refractivity contribution in [1.29, 1.82) is 0 Å². The highest BCUT2D eigenvalue weighted by molar-refractivity contribution is 5.90. The van der Waals surface area contributed by atoms with Crippen LogP contribution in [-0.4, -0.2) is 53.8 Å². The van der Waals surface area contributed by atoms with Gasteiger partial charge in [-0.25, -0.2) is 27.8 Å². The lowest BCUT2D eigenvalue weighted by atomic mass is 10.1. The average Bonchev–Trinajstić information content (AvgIpc) is 3.19. The highest BCUT2D eigenvalue weighted by atomic mass is 19.3. The zero-order valence-electron chi connectivity index (χ0n) is 14.9. The Kier molecular flexibility index (Phi) is 4.68. The van der Waals surface area contributed by atoms with E-state index in [9.17, 15) is 22.8 Å². The number of nitrogens with two attached hydrogens (primary N) is 1. The lowest BCUT2D eigenvalue weighted by Crippen LogP contribution is -2.38. The van der Waals surface area contributed by atoms with Crippen LogP contribution in [0, 0.1) is 5.82 Å². The van der Waals surface area contributed by atoms with Gasteiger partial charge in [-0.05, 0) is 6.07 Å². The Morgan fingerprint density at radius 3 is 2.90 bits per heavy atom. The lowest BCUT2D eigenvalue weighted by molar-refractivity contribution is -0.116. The zero-order valence-corrected chi connectivity index (χ0v) is 14.9. The Balaban J connectivity index is 1.74. The highest BCUT2D eigenvalue weighted by Gasteiger charge is 2.42. The summed E-state index contributed by atoms with van der Waals surface area (Å²) < 4.78 is 53.2. The fourth-order valence-electron chi connectivity index (χ4n) is 3.23. The molecule has 4 rings (SSSR count). The molecule has 29 heavy (non-hydrogen) atoms. The number of fused-ring (bicyclic) bond motifs is 3. The van der Waals surface area contributed by atoms with Crippen molar-refractivity contribution in [2.45, 2.75) is 19.0 Å². The number of nitrogens with one attached hydrogen (secondary N) is 1. The van der Waals surface area contributed by atoms with Crippen LogP contribution in [0.1, 0.15) is 0 Å². The number of benzene rings is 1. The zero-order chi connectivity index (χ0) is 20.7. The summed E-state index contributed by atoms with van der Waals surface area (Å²) >= 11 is 0. The fraction of sp³-hybridized carbons (Fsp3) is 0.353. The SMILES string of the molecule is NC(=O)CNc1cc(F)c2c(c1)OCCn1cc(N3C(=O)OCC3C(F)F)nc1-2. The minimum Gasteiger partial charge on any atom is -0.491 e. The maximum atomic E-state index is 14.9. The number of nitrogens with zero attached hydrogens (tertiary/aromatic N) is 3. The number of hydrogen-bond acceptors (Lipinski definition) is 6. The Morgan fingerprint density at radius 2 is 2.17 bits per heavy atom. The summed E-state index contributed by atoms with van der Waals surface area (Å²) in [6.07, 6.45) is -2.38. The van der Waals surface area contributed by atoms with E-state index in [2.05, 4.69) is 10.3 Å². The monoisotopic (exact) mass is 411 g/mol. The van der Waals surface area contributed by atoms with Gasteiger partial charge in [0.1, 0.15) is 36.6 Å². The van der Waals surface area contributed by atoms with Crippen LogP contribution in [0.5, 0.6) is 5.75 Å². The summed E-state index contributed by atoms with van der Waals surface area (Å²) in [5.74, 6) is -1.10. The van der Waals surface area contributed by atoms with E-state index in [0.717, 1.165) is 11.0 Å². The third-order valence-corrected chi connectivity index (χ3v) is 4.54. The summed E-state index contributed by atoms with van der Waals surface area (Å²) in [7, 11) is 0. The number of halogens is 3. The topological polar surface area (TPSA) is 112 Å². The number of carbonyl (C=O) groups is 2. The standard InChI is InChI=1S/C17H16F3N5O4/c18-9-3-8(22-5-12(21)26)4-11-14(9)16-23-13(6-24(16)1-2-28-11)25-10(15(19)20)7-29-17(25)27/h3-4,6,10,15,22H,1-2,5,7H2,(H2,21,26). The molecule has 0 radical (unpaired) electrons. The molecule has 0 aliphatic carbocycles. The van der Waals surface area contributed by atoms with Crippen LogP contribution < -0.4 is 20.7 Å². The molecular weight excluding hydrogens is 395 g/mol. The van der Waals surface area contributed by atoms with Crippen molar-refractivity contribution in [3.05, 3.63) is 24.1 Å². The highest BCUT2D eigenvalue weighted by Crippen LogP contribution is 2.38. The Bertz CT molecular complexity index is 980. The predicted molar refractivity (Wildman–Crippen MR) is 94.4 cm³/mol. The van der Waals surface area contributed by atoms with Crippen LogP contribution in [0.3, 0.4) is 0 Å². The molecule has 0 bridgehead atoms. The van der Waals surface area contributed by atoms with Gasteiger partial charge in [0.05, 0.1) is 18.7 Å².